The van der Waals surface area contributed by atoms with Gasteiger partial charge in [-0.3, -0.25) is 19.3 Å². The maximum atomic E-state index is 13.2. The molecule has 8 heteroatoms. The zero-order valence-electron chi connectivity index (χ0n) is 16.5. The molecular weight excluding hydrogens is 418 g/mol. The lowest BCUT2D eigenvalue weighted by atomic mass is 9.88. The molecular formula is C23H18ClN3O4. The van der Waals surface area contributed by atoms with Crippen molar-refractivity contribution in [3.05, 3.63) is 64.8 Å². The number of amides is 1. The minimum absolute atomic E-state index is 0.165. The van der Waals surface area contributed by atoms with E-state index in [4.69, 9.17) is 16.3 Å². The van der Waals surface area contributed by atoms with Crippen molar-refractivity contribution in [3.63, 3.8) is 0 Å². The smallest absolute Gasteiger partial charge is 0.311 e. The number of halogens is 1. The van der Waals surface area contributed by atoms with Crippen molar-refractivity contribution in [2.24, 2.45) is 5.92 Å². The van der Waals surface area contributed by atoms with Crippen LogP contribution in [-0.2, 0) is 14.3 Å². The van der Waals surface area contributed by atoms with Crippen LogP contribution in [0.15, 0.2) is 48.5 Å². The van der Waals surface area contributed by atoms with Crippen LogP contribution < -0.4 is 4.90 Å². The summed E-state index contributed by atoms with van der Waals surface area (Å²) >= 11 is 6.00. The molecule has 0 bridgehead atoms. The lowest BCUT2D eigenvalue weighted by molar-refractivity contribution is -0.155. The summed E-state index contributed by atoms with van der Waals surface area (Å²) in [5.74, 6) is -0.582. The molecule has 1 atom stereocenters. The number of hydrogen-bond donors (Lipinski definition) is 0. The van der Waals surface area contributed by atoms with E-state index >= 15 is 0 Å². The van der Waals surface area contributed by atoms with Gasteiger partial charge in [-0.25, -0.2) is 9.97 Å². The number of benzene rings is 1. The van der Waals surface area contributed by atoms with Crippen molar-refractivity contribution >= 4 is 46.1 Å². The van der Waals surface area contributed by atoms with E-state index in [1.165, 1.54) is 4.90 Å². The number of fused-ring (bicyclic) bond motifs is 2. The second-order valence-corrected chi connectivity index (χ2v) is 8.10. The van der Waals surface area contributed by atoms with Gasteiger partial charge < -0.3 is 4.74 Å². The molecule has 5 rings (SSSR count). The van der Waals surface area contributed by atoms with Crippen molar-refractivity contribution in [3.8, 4) is 0 Å². The Hall–Kier alpha value is -3.32. The van der Waals surface area contributed by atoms with Crippen molar-refractivity contribution in [1.29, 1.82) is 0 Å². The Morgan fingerprint density at radius 3 is 2.55 bits per heavy atom. The minimum atomic E-state index is -0.932. The van der Waals surface area contributed by atoms with E-state index in [1.54, 1.807) is 48.5 Å². The number of ketones is 1. The number of esters is 1. The number of anilines is 1. The number of aromatic nitrogens is 2. The summed E-state index contributed by atoms with van der Waals surface area (Å²) < 4.78 is 5.85. The number of Topliss-reactive ketones (excluding diaryl/α,β-unsaturated/α-hetero) is 1. The quantitative estimate of drug-likeness (QED) is 0.451. The first kappa shape index (κ1) is 19.6. The third kappa shape index (κ3) is 3.55. The van der Waals surface area contributed by atoms with Gasteiger partial charge in [-0.2, -0.15) is 0 Å². The Morgan fingerprint density at radius 2 is 1.74 bits per heavy atom. The highest BCUT2D eigenvalue weighted by molar-refractivity contribution is 6.29. The van der Waals surface area contributed by atoms with Crippen molar-refractivity contribution in [2.75, 3.05) is 4.90 Å². The van der Waals surface area contributed by atoms with Gasteiger partial charge in [-0.1, -0.05) is 29.8 Å². The summed E-state index contributed by atoms with van der Waals surface area (Å²) in [6.45, 7) is 0. The molecule has 2 aromatic heterocycles. The first-order chi connectivity index (χ1) is 15.0. The number of carbonyl (C=O) groups is 3. The van der Waals surface area contributed by atoms with Gasteiger partial charge in [0.05, 0.1) is 5.92 Å². The van der Waals surface area contributed by atoms with Crippen LogP contribution in [0.25, 0.3) is 11.0 Å². The van der Waals surface area contributed by atoms with Gasteiger partial charge in [0, 0.05) is 29.4 Å². The average Bonchev–Trinajstić information content (AvgIpc) is 3.05. The largest absolute Gasteiger partial charge is 0.436 e. The fourth-order valence-corrected chi connectivity index (χ4v) is 4.25. The Bertz CT molecular complexity index is 1220. The van der Waals surface area contributed by atoms with Gasteiger partial charge in [0.25, 0.3) is 5.91 Å². The van der Waals surface area contributed by atoms with Crippen LogP contribution >= 0.6 is 11.6 Å². The molecule has 2 aliphatic rings. The number of ether oxygens (including phenoxy) is 1. The molecule has 0 N–H and O–H groups in total. The van der Waals surface area contributed by atoms with Crippen molar-refractivity contribution in [1.82, 2.24) is 9.97 Å². The maximum Gasteiger partial charge on any atom is 0.311 e. The van der Waals surface area contributed by atoms with Gasteiger partial charge in [0.2, 0.25) is 6.23 Å². The first-order valence-electron chi connectivity index (χ1n) is 10.1. The number of pyridine rings is 2. The van der Waals surface area contributed by atoms with Crippen LogP contribution in [0, 0.1) is 5.92 Å². The highest BCUT2D eigenvalue weighted by Crippen LogP contribution is 2.39. The fourth-order valence-electron chi connectivity index (χ4n) is 4.10. The van der Waals surface area contributed by atoms with Gasteiger partial charge >= 0.3 is 5.97 Å². The van der Waals surface area contributed by atoms with Crippen LogP contribution in [0.4, 0.5) is 5.82 Å². The Balaban J connectivity index is 1.51. The standard InChI is InChI=1S/C23H18ClN3O4/c24-18-11-7-13-8-12-19(26-20(13)25-18)27-21(29)16-3-1-2-4-17(16)22(27)31-23(30)14-5-9-15(28)10-6-14/h1-4,7-8,11-12,14,22H,5-6,9-10H2. The molecule has 3 heterocycles. The van der Waals surface area contributed by atoms with Gasteiger partial charge in [-0.15, -0.1) is 0 Å². The molecule has 156 valence electrons. The van der Waals surface area contributed by atoms with Crippen LogP contribution in [0.2, 0.25) is 5.15 Å². The van der Waals surface area contributed by atoms with Crippen molar-refractivity contribution in [2.45, 2.75) is 31.9 Å². The van der Waals surface area contributed by atoms with Gasteiger partial charge in [0.1, 0.15) is 16.8 Å². The highest BCUT2D eigenvalue weighted by atomic mass is 35.5. The van der Waals surface area contributed by atoms with E-state index < -0.39 is 12.2 Å². The number of hydrogen-bond acceptors (Lipinski definition) is 6. The molecule has 0 spiro atoms. The number of nitrogens with zero attached hydrogens (tertiary/aromatic N) is 3. The molecule has 0 saturated heterocycles. The summed E-state index contributed by atoms with van der Waals surface area (Å²) in [7, 11) is 0. The molecule has 31 heavy (non-hydrogen) atoms. The molecule has 1 fully saturated rings. The van der Waals surface area contributed by atoms with E-state index in [2.05, 4.69) is 9.97 Å². The van der Waals surface area contributed by atoms with Gasteiger partial charge in [0.15, 0.2) is 5.65 Å². The van der Waals surface area contributed by atoms with Crippen molar-refractivity contribution < 1.29 is 19.1 Å². The summed E-state index contributed by atoms with van der Waals surface area (Å²) in [5, 5.41) is 1.07. The summed E-state index contributed by atoms with van der Waals surface area (Å²) in [6, 6.07) is 14.0. The topological polar surface area (TPSA) is 89.5 Å². The summed E-state index contributed by atoms with van der Waals surface area (Å²) in [5.41, 5.74) is 1.46. The molecule has 3 aromatic rings. The third-order valence-corrected chi connectivity index (χ3v) is 5.98. The molecule has 0 radical (unpaired) electrons. The summed E-state index contributed by atoms with van der Waals surface area (Å²) in [6.07, 6.45) is 0.760. The molecule has 1 saturated carbocycles. The maximum absolute atomic E-state index is 13.2. The normalized spacial score (nSPS) is 19.0. The second-order valence-electron chi connectivity index (χ2n) is 7.71. The monoisotopic (exact) mass is 435 g/mol. The molecule has 1 amide bonds. The average molecular weight is 436 g/mol. The number of carbonyl (C=O) groups excluding carboxylic acids is 3. The van der Waals surface area contributed by atoms with Gasteiger partial charge in [-0.05, 0) is 43.2 Å². The lowest BCUT2D eigenvalue weighted by Crippen LogP contribution is -2.34. The van der Waals surface area contributed by atoms with E-state index in [-0.39, 0.29) is 17.6 Å². The number of rotatable bonds is 3. The zero-order valence-corrected chi connectivity index (χ0v) is 17.2. The molecule has 1 aromatic carbocycles. The molecule has 1 aliphatic carbocycles. The molecule has 1 unspecified atom stereocenters. The SMILES string of the molecule is O=C1CCC(C(=O)OC2c3ccccc3C(=O)N2c2ccc3ccc(Cl)nc3n2)CC1. The highest BCUT2D eigenvalue weighted by Gasteiger charge is 2.42. The van der Waals surface area contributed by atoms with E-state index in [0.29, 0.717) is 53.4 Å². The summed E-state index contributed by atoms with van der Waals surface area (Å²) in [4.78, 5) is 47.7. The van der Waals surface area contributed by atoms with E-state index in [9.17, 15) is 14.4 Å². The van der Waals surface area contributed by atoms with Crippen LogP contribution in [-0.4, -0.2) is 27.6 Å². The third-order valence-electron chi connectivity index (χ3n) is 5.77. The Labute approximate surface area is 183 Å². The van der Waals surface area contributed by atoms with E-state index in [0.717, 1.165) is 5.39 Å². The van der Waals surface area contributed by atoms with Crippen LogP contribution in [0.5, 0.6) is 0 Å². The Kier molecular flexibility index (Phi) is 4.90. The molecule has 7 nitrogen and oxygen atoms in total. The fraction of sp³-hybridized carbons (Fsp3) is 0.261. The van der Waals surface area contributed by atoms with Crippen LogP contribution in [0.3, 0.4) is 0 Å². The predicted octanol–water partition coefficient (Wildman–Crippen LogP) is 4.24. The minimum Gasteiger partial charge on any atom is -0.436 e. The first-order valence-corrected chi connectivity index (χ1v) is 10.5. The second kappa shape index (κ2) is 7.74. The molecule has 1 aliphatic heterocycles. The Morgan fingerprint density at radius 1 is 1.00 bits per heavy atom. The van der Waals surface area contributed by atoms with E-state index in [1.807, 2.05) is 0 Å². The zero-order chi connectivity index (χ0) is 21.5. The predicted molar refractivity (Wildman–Crippen MR) is 114 cm³/mol. The van der Waals surface area contributed by atoms with Crippen LogP contribution in [0.1, 0.15) is 47.8 Å². The lowest BCUT2D eigenvalue weighted by Gasteiger charge is -2.27.